The monoisotopic (exact) mass is 367 g/mol. The number of aromatic nitrogens is 2. The fourth-order valence-electron chi connectivity index (χ4n) is 3.36. The fraction of sp³-hybridized carbons (Fsp3) is 0.125. The predicted molar refractivity (Wildman–Crippen MR) is 112 cm³/mol. The van der Waals surface area contributed by atoms with Crippen LogP contribution in [-0.4, -0.2) is 27.8 Å². The third-order valence-corrected chi connectivity index (χ3v) is 4.76. The molecule has 2 heterocycles. The Bertz CT molecular complexity index is 1140. The number of hydrogen-bond donors (Lipinski definition) is 0. The number of amides is 1. The van der Waals surface area contributed by atoms with Crippen LogP contribution in [0.2, 0.25) is 0 Å². The molecule has 2 aromatic carbocycles. The number of benzene rings is 2. The van der Waals surface area contributed by atoms with Gasteiger partial charge in [-0.05, 0) is 24.6 Å². The van der Waals surface area contributed by atoms with Gasteiger partial charge in [0.05, 0.1) is 16.8 Å². The summed E-state index contributed by atoms with van der Waals surface area (Å²) < 4.78 is 0. The first-order valence-corrected chi connectivity index (χ1v) is 9.23. The Morgan fingerprint density at radius 2 is 1.82 bits per heavy atom. The van der Waals surface area contributed by atoms with Gasteiger partial charge in [0.2, 0.25) is 0 Å². The summed E-state index contributed by atoms with van der Waals surface area (Å²) in [5.74, 6) is -0.0425. The minimum Gasteiger partial charge on any atom is -0.337 e. The second kappa shape index (κ2) is 7.61. The van der Waals surface area contributed by atoms with E-state index in [1.54, 1.807) is 17.3 Å². The highest BCUT2D eigenvalue weighted by atomic mass is 16.2. The lowest BCUT2D eigenvalue weighted by Gasteiger charge is -2.19. The molecule has 4 heteroatoms. The normalized spacial score (nSPS) is 10.8. The Labute approximate surface area is 164 Å². The van der Waals surface area contributed by atoms with E-state index in [4.69, 9.17) is 4.98 Å². The van der Waals surface area contributed by atoms with Crippen LogP contribution in [-0.2, 0) is 6.54 Å². The molecule has 0 bridgehead atoms. The predicted octanol–water partition coefficient (Wildman–Crippen LogP) is 4.88. The van der Waals surface area contributed by atoms with Crippen LogP contribution in [0.4, 0.5) is 0 Å². The van der Waals surface area contributed by atoms with Crippen LogP contribution in [0.1, 0.15) is 21.5 Å². The Morgan fingerprint density at radius 3 is 2.61 bits per heavy atom. The van der Waals surface area contributed by atoms with Gasteiger partial charge in [-0.25, -0.2) is 4.98 Å². The van der Waals surface area contributed by atoms with Crippen molar-refractivity contribution in [2.24, 2.45) is 0 Å². The number of pyridine rings is 2. The van der Waals surface area contributed by atoms with E-state index >= 15 is 0 Å². The van der Waals surface area contributed by atoms with Crippen molar-refractivity contribution >= 4 is 16.8 Å². The van der Waals surface area contributed by atoms with Crippen molar-refractivity contribution in [3.05, 3.63) is 95.8 Å². The molecule has 0 radical (unpaired) electrons. The summed E-state index contributed by atoms with van der Waals surface area (Å²) in [7, 11) is 1.83. The topological polar surface area (TPSA) is 46.1 Å². The van der Waals surface area contributed by atoms with Gasteiger partial charge in [0.25, 0.3) is 5.91 Å². The molecule has 0 aliphatic rings. The van der Waals surface area contributed by atoms with Crippen LogP contribution in [0.15, 0.2) is 79.1 Å². The molecule has 0 unspecified atom stereocenters. The highest BCUT2D eigenvalue weighted by Gasteiger charge is 2.18. The summed E-state index contributed by atoms with van der Waals surface area (Å²) >= 11 is 0. The Balaban J connectivity index is 1.75. The minimum atomic E-state index is -0.0425. The molecule has 2 aromatic heterocycles. The lowest BCUT2D eigenvalue weighted by molar-refractivity contribution is 0.0787. The molecule has 0 saturated carbocycles. The third-order valence-electron chi connectivity index (χ3n) is 4.76. The van der Waals surface area contributed by atoms with Crippen LogP contribution in [0, 0.1) is 6.92 Å². The first-order chi connectivity index (χ1) is 13.6. The van der Waals surface area contributed by atoms with Crippen molar-refractivity contribution in [1.82, 2.24) is 14.9 Å². The summed E-state index contributed by atoms with van der Waals surface area (Å²) in [6, 6.07) is 21.8. The van der Waals surface area contributed by atoms with Crippen molar-refractivity contribution in [2.45, 2.75) is 13.5 Å². The van der Waals surface area contributed by atoms with Gasteiger partial charge in [0.1, 0.15) is 0 Å². The van der Waals surface area contributed by atoms with Crippen molar-refractivity contribution < 1.29 is 4.79 Å². The van der Waals surface area contributed by atoms with E-state index < -0.39 is 0 Å². The maximum atomic E-state index is 13.3. The number of carbonyl (C=O) groups is 1. The van der Waals surface area contributed by atoms with Gasteiger partial charge >= 0.3 is 0 Å². The summed E-state index contributed by atoms with van der Waals surface area (Å²) in [5.41, 5.74) is 5.44. The van der Waals surface area contributed by atoms with E-state index in [9.17, 15) is 4.79 Å². The SMILES string of the molecule is Cc1cccc(CN(C)C(=O)c2cc(-c3ccccc3)nc3ccncc23)c1. The molecular weight excluding hydrogens is 346 g/mol. The summed E-state index contributed by atoms with van der Waals surface area (Å²) in [5, 5.41) is 0.767. The smallest absolute Gasteiger partial charge is 0.254 e. The molecule has 0 saturated heterocycles. The van der Waals surface area contributed by atoms with Gasteiger partial charge in [0, 0.05) is 36.9 Å². The van der Waals surface area contributed by atoms with E-state index in [1.165, 1.54) is 5.56 Å². The average Bonchev–Trinajstić information content (AvgIpc) is 2.73. The standard InChI is InChI=1S/C24H21N3O/c1-17-7-6-8-18(13-17)16-27(2)24(28)20-14-23(19-9-4-3-5-10-19)26-22-11-12-25-15-21(20)22/h3-15H,16H2,1-2H3. The first-order valence-electron chi connectivity index (χ1n) is 9.23. The molecule has 0 N–H and O–H groups in total. The summed E-state index contributed by atoms with van der Waals surface area (Å²) in [6.07, 6.45) is 3.42. The van der Waals surface area contributed by atoms with Crippen LogP contribution < -0.4 is 0 Å². The van der Waals surface area contributed by atoms with Gasteiger partial charge in [0.15, 0.2) is 0 Å². The number of carbonyl (C=O) groups excluding carboxylic acids is 1. The molecule has 28 heavy (non-hydrogen) atoms. The van der Waals surface area contributed by atoms with Gasteiger partial charge in [-0.3, -0.25) is 9.78 Å². The zero-order chi connectivity index (χ0) is 19.5. The quantitative estimate of drug-likeness (QED) is 0.516. The Kier molecular flexibility index (Phi) is 4.85. The summed E-state index contributed by atoms with van der Waals surface area (Å²) in [4.78, 5) is 24.0. The number of hydrogen-bond acceptors (Lipinski definition) is 3. The second-order valence-corrected chi connectivity index (χ2v) is 6.96. The van der Waals surface area contributed by atoms with E-state index in [1.807, 2.05) is 61.6 Å². The minimum absolute atomic E-state index is 0.0425. The zero-order valence-electron chi connectivity index (χ0n) is 16.0. The van der Waals surface area contributed by atoms with Gasteiger partial charge < -0.3 is 4.90 Å². The first kappa shape index (κ1) is 17.9. The maximum Gasteiger partial charge on any atom is 0.254 e. The number of rotatable bonds is 4. The lowest BCUT2D eigenvalue weighted by Crippen LogP contribution is -2.26. The Hall–Kier alpha value is -3.53. The van der Waals surface area contributed by atoms with E-state index in [-0.39, 0.29) is 5.91 Å². The largest absolute Gasteiger partial charge is 0.337 e. The molecular formula is C24H21N3O. The molecule has 4 aromatic rings. The molecule has 1 amide bonds. The highest BCUT2D eigenvalue weighted by Crippen LogP contribution is 2.25. The van der Waals surface area contributed by atoms with Crippen LogP contribution in [0.3, 0.4) is 0 Å². The Morgan fingerprint density at radius 1 is 1.00 bits per heavy atom. The molecule has 4 nitrogen and oxygen atoms in total. The molecule has 138 valence electrons. The van der Waals surface area contributed by atoms with Crippen molar-refractivity contribution in [1.29, 1.82) is 0 Å². The van der Waals surface area contributed by atoms with Gasteiger partial charge in [-0.15, -0.1) is 0 Å². The van der Waals surface area contributed by atoms with E-state index in [0.29, 0.717) is 12.1 Å². The number of aryl methyl sites for hydroxylation is 1. The van der Waals surface area contributed by atoms with Gasteiger partial charge in [-0.2, -0.15) is 0 Å². The molecule has 0 atom stereocenters. The highest BCUT2D eigenvalue weighted by molar-refractivity contribution is 6.06. The van der Waals surface area contributed by atoms with E-state index in [0.717, 1.165) is 27.7 Å². The maximum absolute atomic E-state index is 13.3. The molecule has 0 fully saturated rings. The molecule has 0 aliphatic carbocycles. The second-order valence-electron chi connectivity index (χ2n) is 6.96. The van der Waals surface area contributed by atoms with Gasteiger partial charge in [-0.1, -0.05) is 60.2 Å². The fourth-order valence-corrected chi connectivity index (χ4v) is 3.36. The molecule has 0 aliphatic heterocycles. The van der Waals surface area contributed by atoms with Crippen molar-refractivity contribution in [3.8, 4) is 11.3 Å². The zero-order valence-corrected chi connectivity index (χ0v) is 16.0. The molecule has 4 rings (SSSR count). The van der Waals surface area contributed by atoms with Crippen molar-refractivity contribution in [3.63, 3.8) is 0 Å². The van der Waals surface area contributed by atoms with E-state index in [2.05, 4.69) is 24.0 Å². The van der Waals surface area contributed by atoms with Crippen LogP contribution >= 0.6 is 0 Å². The molecule has 0 spiro atoms. The lowest BCUT2D eigenvalue weighted by atomic mass is 10.0. The van der Waals surface area contributed by atoms with Crippen LogP contribution in [0.5, 0.6) is 0 Å². The van der Waals surface area contributed by atoms with Crippen molar-refractivity contribution in [2.75, 3.05) is 7.05 Å². The number of nitrogens with zero attached hydrogens (tertiary/aromatic N) is 3. The van der Waals surface area contributed by atoms with Crippen LogP contribution in [0.25, 0.3) is 22.2 Å². The average molecular weight is 367 g/mol. The summed E-state index contributed by atoms with van der Waals surface area (Å²) in [6.45, 7) is 2.60. The number of fused-ring (bicyclic) bond motifs is 1. The third kappa shape index (κ3) is 3.62.